The van der Waals surface area contributed by atoms with Gasteiger partial charge in [0.15, 0.2) is 5.79 Å². The summed E-state index contributed by atoms with van der Waals surface area (Å²) in [7, 11) is 0. The van der Waals surface area contributed by atoms with Crippen molar-refractivity contribution in [2.45, 2.75) is 69.7 Å². The second kappa shape index (κ2) is 8.11. The number of rotatable bonds is 9. The van der Waals surface area contributed by atoms with Gasteiger partial charge in [-0.05, 0) is 31.6 Å². The van der Waals surface area contributed by atoms with Gasteiger partial charge >= 0.3 is 0 Å². The maximum absolute atomic E-state index is 10.5. The van der Waals surface area contributed by atoms with Gasteiger partial charge in [-0.2, -0.15) is 0 Å². The fraction of sp³-hybridized carbons (Fsp3) is 0.895. The molecular weight excluding hydrogens is 292 g/mol. The molecule has 3 aliphatic rings. The summed E-state index contributed by atoms with van der Waals surface area (Å²) in [5.41, 5.74) is 0. The summed E-state index contributed by atoms with van der Waals surface area (Å²) in [5, 5.41) is 19.2. The summed E-state index contributed by atoms with van der Waals surface area (Å²) >= 11 is 0. The summed E-state index contributed by atoms with van der Waals surface area (Å²) < 4.78 is 11.6. The Kier molecular flexibility index (Phi) is 6.13. The van der Waals surface area contributed by atoms with Crippen molar-refractivity contribution in [2.24, 2.45) is 17.8 Å². The minimum atomic E-state index is -0.344. The number of allylic oxidation sites excluding steroid dienone is 1. The van der Waals surface area contributed by atoms with Crippen molar-refractivity contribution >= 4 is 0 Å². The number of fused-ring (bicyclic) bond motifs is 2. The molecule has 4 atom stereocenters. The second-order valence-corrected chi connectivity index (χ2v) is 7.44. The zero-order valence-electron chi connectivity index (χ0n) is 14.2. The van der Waals surface area contributed by atoms with Crippen molar-refractivity contribution in [3.05, 3.63) is 12.2 Å². The van der Waals surface area contributed by atoms with Crippen LogP contribution in [0.4, 0.5) is 0 Å². The molecule has 0 aromatic carbocycles. The first-order chi connectivity index (χ1) is 11.3. The average Bonchev–Trinajstić information content (AvgIpc) is 3.13. The molecule has 132 valence electrons. The highest BCUT2D eigenvalue weighted by molar-refractivity contribution is 5.12. The Morgan fingerprint density at radius 2 is 1.70 bits per heavy atom. The van der Waals surface area contributed by atoms with Crippen LogP contribution in [-0.4, -0.2) is 41.9 Å². The summed E-state index contributed by atoms with van der Waals surface area (Å²) in [6.45, 7) is 1.74. The number of aliphatic hydroxyl groups excluding tert-OH is 2. The van der Waals surface area contributed by atoms with Gasteiger partial charge in [-0.3, -0.25) is 0 Å². The fourth-order valence-electron chi connectivity index (χ4n) is 4.60. The first-order valence-electron chi connectivity index (χ1n) is 9.50. The molecule has 3 fully saturated rings. The van der Waals surface area contributed by atoms with E-state index in [1.165, 1.54) is 25.7 Å². The smallest absolute Gasteiger partial charge is 0.172 e. The molecule has 4 heteroatoms. The highest BCUT2D eigenvalue weighted by Crippen LogP contribution is 2.59. The van der Waals surface area contributed by atoms with Crippen molar-refractivity contribution in [1.29, 1.82) is 0 Å². The fourth-order valence-corrected chi connectivity index (χ4v) is 4.60. The van der Waals surface area contributed by atoms with Crippen LogP contribution in [0.25, 0.3) is 0 Å². The first-order valence-corrected chi connectivity index (χ1v) is 9.50. The number of unbranched alkanes of at least 4 members (excludes halogenated alkanes) is 6. The Balaban J connectivity index is 1.31. The standard InChI is InChI=1S/C19H32O4/c20-10-8-6-4-2-1-3-5-7-9-15-13-17-16(18(15)21)14-19(17)22-11-12-23-19/h7,9,15-18,20-21H,1-6,8,10-14H2/t15-,16-,17+,18?/m1/s1. The predicted octanol–water partition coefficient (Wildman–Crippen LogP) is 3.03. The quantitative estimate of drug-likeness (QED) is 0.505. The molecule has 1 saturated heterocycles. The van der Waals surface area contributed by atoms with Crippen molar-refractivity contribution in [3.8, 4) is 0 Å². The monoisotopic (exact) mass is 324 g/mol. The van der Waals surface area contributed by atoms with Crippen LogP contribution >= 0.6 is 0 Å². The minimum absolute atomic E-state index is 0.215. The molecular formula is C19H32O4. The number of hydrogen-bond donors (Lipinski definition) is 2. The number of aliphatic hydroxyl groups is 2. The largest absolute Gasteiger partial charge is 0.396 e. The van der Waals surface area contributed by atoms with E-state index in [1.807, 2.05) is 0 Å². The Labute approximate surface area is 139 Å². The average molecular weight is 324 g/mol. The van der Waals surface area contributed by atoms with Crippen LogP contribution in [0, 0.1) is 17.8 Å². The van der Waals surface area contributed by atoms with Crippen molar-refractivity contribution in [3.63, 3.8) is 0 Å². The molecule has 0 radical (unpaired) electrons. The van der Waals surface area contributed by atoms with Crippen LogP contribution in [0.1, 0.15) is 57.8 Å². The third-order valence-electron chi connectivity index (χ3n) is 5.94. The maximum atomic E-state index is 10.5. The highest BCUT2D eigenvalue weighted by atomic mass is 16.7. The van der Waals surface area contributed by atoms with Gasteiger partial charge in [-0.1, -0.05) is 37.8 Å². The molecule has 2 N–H and O–H groups in total. The Morgan fingerprint density at radius 3 is 2.43 bits per heavy atom. The summed E-state index contributed by atoms with van der Waals surface area (Å²) in [5.74, 6) is 0.695. The lowest BCUT2D eigenvalue weighted by Crippen LogP contribution is -2.54. The van der Waals surface area contributed by atoms with Crippen LogP contribution in [0.15, 0.2) is 12.2 Å². The van der Waals surface area contributed by atoms with Gasteiger partial charge in [0.1, 0.15) is 0 Å². The van der Waals surface area contributed by atoms with E-state index in [0.29, 0.717) is 31.7 Å². The van der Waals surface area contributed by atoms with E-state index < -0.39 is 0 Å². The van der Waals surface area contributed by atoms with Crippen molar-refractivity contribution in [2.75, 3.05) is 19.8 Å². The summed E-state index contributed by atoms with van der Waals surface area (Å²) in [6.07, 6.45) is 14.3. The van der Waals surface area contributed by atoms with Gasteiger partial charge < -0.3 is 19.7 Å². The Hall–Kier alpha value is -0.420. The lowest BCUT2D eigenvalue weighted by atomic mass is 9.69. The van der Waals surface area contributed by atoms with E-state index in [9.17, 15) is 5.11 Å². The summed E-state index contributed by atoms with van der Waals surface area (Å²) in [4.78, 5) is 0. The van der Waals surface area contributed by atoms with Crippen LogP contribution in [0.5, 0.6) is 0 Å². The van der Waals surface area contributed by atoms with Gasteiger partial charge in [-0.15, -0.1) is 0 Å². The lowest BCUT2D eigenvalue weighted by molar-refractivity contribution is -0.275. The molecule has 23 heavy (non-hydrogen) atoms. The molecule has 3 rings (SSSR count). The van der Waals surface area contributed by atoms with Gasteiger partial charge in [0.25, 0.3) is 0 Å². The van der Waals surface area contributed by atoms with E-state index in [1.54, 1.807) is 0 Å². The zero-order chi connectivity index (χ0) is 16.1. The second-order valence-electron chi connectivity index (χ2n) is 7.44. The molecule has 2 aliphatic carbocycles. The minimum Gasteiger partial charge on any atom is -0.396 e. The van der Waals surface area contributed by atoms with Crippen LogP contribution in [0.2, 0.25) is 0 Å². The van der Waals surface area contributed by atoms with E-state index in [-0.39, 0.29) is 17.8 Å². The van der Waals surface area contributed by atoms with E-state index in [0.717, 1.165) is 32.1 Å². The van der Waals surface area contributed by atoms with E-state index >= 15 is 0 Å². The van der Waals surface area contributed by atoms with Crippen molar-refractivity contribution < 1.29 is 19.7 Å². The zero-order valence-corrected chi connectivity index (χ0v) is 14.2. The van der Waals surface area contributed by atoms with Gasteiger partial charge in [0.05, 0.1) is 19.3 Å². The molecule has 4 nitrogen and oxygen atoms in total. The Bertz CT molecular complexity index is 389. The third-order valence-corrected chi connectivity index (χ3v) is 5.94. The predicted molar refractivity (Wildman–Crippen MR) is 88.9 cm³/mol. The number of ether oxygens (including phenoxy) is 2. The number of hydrogen-bond acceptors (Lipinski definition) is 4. The highest BCUT2D eigenvalue weighted by Gasteiger charge is 2.64. The van der Waals surface area contributed by atoms with E-state index in [4.69, 9.17) is 14.6 Å². The van der Waals surface area contributed by atoms with Crippen LogP contribution in [-0.2, 0) is 9.47 Å². The summed E-state index contributed by atoms with van der Waals surface area (Å²) in [6, 6.07) is 0. The van der Waals surface area contributed by atoms with E-state index in [2.05, 4.69) is 12.2 Å². The molecule has 0 aromatic heterocycles. The lowest BCUT2D eigenvalue weighted by Gasteiger charge is -2.48. The first kappa shape index (κ1) is 17.4. The SMILES string of the molecule is OCCCCCCCCC=C[C@@H]1C[C@H]2[C@@H](CC23OCCO3)C1O. The van der Waals surface area contributed by atoms with Crippen molar-refractivity contribution in [1.82, 2.24) is 0 Å². The molecule has 1 aliphatic heterocycles. The van der Waals surface area contributed by atoms with Gasteiger partial charge in [0, 0.05) is 24.9 Å². The molecule has 1 unspecified atom stereocenters. The molecule has 0 bridgehead atoms. The Morgan fingerprint density at radius 1 is 1.00 bits per heavy atom. The molecule has 0 amide bonds. The normalized spacial score (nSPS) is 35.0. The third kappa shape index (κ3) is 3.81. The topological polar surface area (TPSA) is 58.9 Å². The molecule has 1 spiro atoms. The van der Waals surface area contributed by atoms with Gasteiger partial charge in [0.2, 0.25) is 0 Å². The van der Waals surface area contributed by atoms with Gasteiger partial charge in [-0.25, -0.2) is 0 Å². The maximum Gasteiger partial charge on any atom is 0.172 e. The molecule has 0 aromatic rings. The molecule has 1 heterocycles. The van der Waals surface area contributed by atoms with Crippen LogP contribution in [0.3, 0.4) is 0 Å². The van der Waals surface area contributed by atoms with Crippen LogP contribution < -0.4 is 0 Å². The molecule has 2 saturated carbocycles.